The molecule has 1 fully saturated rings. The number of hydrogen-bond acceptors (Lipinski definition) is 2. The van der Waals surface area contributed by atoms with Crippen LogP contribution in [0.2, 0.25) is 0 Å². The van der Waals surface area contributed by atoms with E-state index in [0.29, 0.717) is 12.5 Å². The third kappa shape index (κ3) is 2.81. The largest absolute Gasteiger partial charge is 0.314 e. The van der Waals surface area contributed by atoms with Crippen LogP contribution in [-0.2, 0) is 11.2 Å². The van der Waals surface area contributed by atoms with Crippen molar-refractivity contribution in [3.8, 4) is 0 Å². The third-order valence-corrected chi connectivity index (χ3v) is 4.29. The number of hydrogen-bond donors (Lipinski definition) is 1. The van der Waals surface area contributed by atoms with Crippen LogP contribution in [0.4, 0.5) is 5.69 Å². The number of amides is 1. The van der Waals surface area contributed by atoms with E-state index in [1.54, 1.807) is 0 Å². The van der Waals surface area contributed by atoms with Crippen LogP contribution < -0.4 is 10.2 Å². The van der Waals surface area contributed by atoms with E-state index in [1.807, 2.05) is 11.0 Å². The Hall–Kier alpha value is -1.35. The fourth-order valence-electron chi connectivity index (χ4n) is 3.24. The van der Waals surface area contributed by atoms with E-state index in [4.69, 9.17) is 0 Å². The number of anilines is 1. The number of nitrogens with zero attached hydrogens (tertiary/aromatic N) is 1. The first-order valence-corrected chi connectivity index (χ1v) is 7.46. The van der Waals surface area contributed by atoms with E-state index in [2.05, 4.69) is 23.5 Å². The van der Waals surface area contributed by atoms with Gasteiger partial charge < -0.3 is 10.2 Å². The topological polar surface area (TPSA) is 32.3 Å². The maximum Gasteiger partial charge on any atom is 0.227 e. The van der Waals surface area contributed by atoms with Gasteiger partial charge in [0.25, 0.3) is 0 Å². The highest BCUT2D eigenvalue weighted by Crippen LogP contribution is 2.27. The molecule has 3 nitrogen and oxygen atoms in total. The average Bonchev–Trinajstić information content (AvgIpc) is 2.94. The maximum atomic E-state index is 12.1. The first-order chi connectivity index (χ1) is 9.34. The fourth-order valence-corrected chi connectivity index (χ4v) is 3.24. The number of rotatable bonds is 4. The lowest BCUT2D eigenvalue weighted by Crippen LogP contribution is -2.36. The Labute approximate surface area is 115 Å². The molecule has 1 amide bonds. The van der Waals surface area contributed by atoms with E-state index < -0.39 is 0 Å². The molecule has 3 heteroatoms. The van der Waals surface area contributed by atoms with Crippen LogP contribution in [0.25, 0.3) is 0 Å². The van der Waals surface area contributed by atoms with E-state index in [9.17, 15) is 4.79 Å². The first-order valence-electron chi connectivity index (χ1n) is 7.46. The summed E-state index contributed by atoms with van der Waals surface area (Å²) in [6, 6.07) is 9.00. The Kier molecular flexibility index (Phi) is 3.83. The Bertz CT molecular complexity index is 452. The number of nitrogens with one attached hydrogen (secondary N) is 1. The van der Waals surface area contributed by atoms with Crippen molar-refractivity contribution in [3.05, 3.63) is 29.8 Å². The van der Waals surface area contributed by atoms with Crippen LogP contribution >= 0.6 is 0 Å². The monoisotopic (exact) mass is 258 g/mol. The maximum absolute atomic E-state index is 12.1. The van der Waals surface area contributed by atoms with Crippen molar-refractivity contribution < 1.29 is 4.79 Å². The van der Waals surface area contributed by atoms with E-state index in [1.165, 1.54) is 24.8 Å². The lowest BCUT2D eigenvalue weighted by Gasteiger charge is -2.29. The summed E-state index contributed by atoms with van der Waals surface area (Å²) in [7, 11) is 0. The van der Waals surface area contributed by atoms with Gasteiger partial charge in [0.1, 0.15) is 0 Å². The zero-order chi connectivity index (χ0) is 13.1. The predicted octanol–water partition coefficient (Wildman–Crippen LogP) is 2.50. The van der Waals surface area contributed by atoms with Gasteiger partial charge in [-0.3, -0.25) is 4.79 Å². The van der Waals surface area contributed by atoms with Gasteiger partial charge in [-0.05, 0) is 50.3 Å². The van der Waals surface area contributed by atoms with Crippen LogP contribution in [0.3, 0.4) is 0 Å². The minimum Gasteiger partial charge on any atom is -0.314 e. The van der Waals surface area contributed by atoms with Crippen LogP contribution in [0.1, 0.15) is 37.7 Å². The fraction of sp³-hybridized carbons (Fsp3) is 0.562. The van der Waals surface area contributed by atoms with Gasteiger partial charge in [0.2, 0.25) is 5.91 Å². The lowest BCUT2D eigenvalue weighted by molar-refractivity contribution is -0.118. The molecule has 19 heavy (non-hydrogen) atoms. The molecule has 1 saturated heterocycles. The molecule has 1 atom stereocenters. The predicted molar refractivity (Wildman–Crippen MR) is 77.4 cm³/mol. The van der Waals surface area contributed by atoms with Gasteiger partial charge in [0, 0.05) is 24.7 Å². The van der Waals surface area contributed by atoms with Crippen LogP contribution in [0.5, 0.6) is 0 Å². The molecule has 1 N–H and O–H groups in total. The number of para-hydroxylation sites is 1. The van der Waals surface area contributed by atoms with Gasteiger partial charge in [-0.25, -0.2) is 0 Å². The molecule has 0 aromatic heterocycles. The second-order valence-corrected chi connectivity index (χ2v) is 5.61. The summed E-state index contributed by atoms with van der Waals surface area (Å²) in [5, 5.41) is 3.52. The SMILES string of the molecule is O=C1CCc2ccccc2N1CCCC1CCCN1. The summed E-state index contributed by atoms with van der Waals surface area (Å²) in [5.74, 6) is 0.290. The van der Waals surface area contributed by atoms with Crippen molar-refractivity contribution in [2.45, 2.75) is 44.6 Å². The normalized spacial score (nSPS) is 22.6. The minimum absolute atomic E-state index is 0.290. The molecular formula is C16H22N2O. The second-order valence-electron chi connectivity index (χ2n) is 5.61. The third-order valence-electron chi connectivity index (χ3n) is 4.29. The van der Waals surface area contributed by atoms with Gasteiger partial charge >= 0.3 is 0 Å². The van der Waals surface area contributed by atoms with Crippen molar-refractivity contribution in [1.82, 2.24) is 5.32 Å². The molecule has 102 valence electrons. The lowest BCUT2D eigenvalue weighted by atomic mass is 10.0. The average molecular weight is 258 g/mol. The molecule has 2 heterocycles. The molecule has 1 aromatic carbocycles. The van der Waals surface area contributed by atoms with Gasteiger partial charge in [0.05, 0.1) is 0 Å². The highest BCUT2D eigenvalue weighted by molar-refractivity contribution is 5.96. The molecule has 3 rings (SSSR count). The molecule has 1 aromatic rings. The van der Waals surface area contributed by atoms with Gasteiger partial charge in [-0.15, -0.1) is 0 Å². The smallest absolute Gasteiger partial charge is 0.227 e. The highest BCUT2D eigenvalue weighted by atomic mass is 16.2. The summed E-state index contributed by atoms with van der Waals surface area (Å²) < 4.78 is 0. The molecule has 0 spiro atoms. The number of aryl methyl sites for hydroxylation is 1. The zero-order valence-corrected chi connectivity index (χ0v) is 11.4. The Morgan fingerprint density at radius 2 is 2.16 bits per heavy atom. The van der Waals surface area contributed by atoms with E-state index >= 15 is 0 Å². The van der Waals surface area contributed by atoms with E-state index in [0.717, 1.165) is 31.6 Å². The molecule has 0 bridgehead atoms. The van der Waals surface area contributed by atoms with Gasteiger partial charge in [-0.2, -0.15) is 0 Å². The summed E-state index contributed by atoms with van der Waals surface area (Å²) in [5.41, 5.74) is 2.46. The highest BCUT2D eigenvalue weighted by Gasteiger charge is 2.23. The molecular weight excluding hydrogens is 236 g/mol. The molecule has 2 aliphatic rings. The van der Waals surface area contributed by atoms with Crippen LogP contribution in [0.15, 0.2) is 24.3 Å². The number of fused-ring (bicyclic) bond motifs is 1. The van der Waals surface area contributed by atoms with E-state index in [-0.39, 0.29) is 5.91 Å². The van der Waals surface area contributed by atoms with Crippen molar-refractivity contribution in [3.63, 3.8) is 0 Å². The minimum atomic E-state index is 0.290. The number of benzene rings is 1. The molecule has 0 aliphatic carbocycles. The van der Waals surface area contributed by atoms with Gasteiger partial charge in [0.15, 0.2) is 0 Å². The standard InChI is InChI=1S/C16H22N2O/c19-16-10-9-13-5-1-2-8-15(13)18(16)12-4-7-14-6-3-11-17-14/h1-2,5,8,14,17H,3-4,6-7,9-12H2. The molecule has 2 aliphatic heterocycles. The van der Waals surface area contributed by atoms with Crippen molar-refractivity contribution in [1.29, 1.82) is 0 Å². The zero-order valence-electron chi connectivity index (χ0n) is 11.4. The summed E-state index contributed by atoms with van der Waals surface area (Å²) in [6.45, 7) is 2.03. The Balaban J connectivity index is 1.61. The molecule has 1 unspecified atom stereocenters. The van der Waals surface area contributed by atoms with Crippen LogP contribution in [-0.4, -0.2) is 25.0 Å². The first kappa shape index (κ1) is 12.7. The van der Waals surface area contributed by atoms with Crippen LogP contribution in [0, 0.1) is 0 Å². The van der Waals surface area contributed by atoms with Crippen molar-refractivity contribution >= 4 is 11.6 Å². The molecule has 0 radical (unpaired) electrons. The second kappa shape index (κ2) is 5.74. The summed E-state index contributed by atoms with van der Waals surface area (Å²) >= 11 is 0. The quantitative estimate of drug-likeness (QED) is 0.900. The van der Waals surface area contributed by atoms with Crippen molar-refractivity contribution in [2.75, 3.05) is 18.0 Å². The summed E-state index contributed by atoms with van der Waals surface area (Å²) in [4.78, 5) is 14.1. The number of carbonyl (C=O) groups is 1. The molecule has 0 saturated carbocycles. The Morgan fingerprint density at radius 3 is 3.00 bits per heavy atom. The number of carbonyl (C=O) groups excluding carboxylic acids is 1. The Morgan fingerprint density at radius 1 is 1.26 bits per heavy atom. The van der Waals surface area contributed by atoms with Crippen molar-refractivity contribution in [2.24, 2.45) is 0 Å². The summed E-state index contributed by atoms with van der Waals surface area (Å²) in [6.07, 6.45) is 6.44. The van der Waals surface area contributed by atoms with Gasteiger partial charge in [-0.1, -0.05) is 18.2 Å².